The lowest BCUT2D eigenvalue weighted by Gasteiger charge is -2.13. The predicted octanol–water partition coefficient (Wildman–Crippen LogP) is 6.43. The molecule has 1 amide bonds. The monoisotopic (exact) mass is 529 g/mol. The van der Waals surface area contributed by atoms with Crippen LogP contribution < -0.4 is 5.32 Å². The number of benzene rings is 3. The minimum absolute atomic E-state index is 0.00346. The van der Waals surface area contributed by atoms with Crippen LogP contribution in [0.3, 0.4) is 0 Å². The fourth-order valence-electron chi connectivity index (χ4n) is 3.91. The molecule has 3 aromatic carbocycles. The van der Waals surface area contributed by atoms with E-state index in [0.29, 0.717) is 16.4 Å². The first kappa shape index (κ1) is 24.7. The number of carbonyl (C=O) groups excluding carboxylic acids is 1. The minimum Gasteiger partial charge on any atom is -0.319 e. The third-order valence-electron chi connectivity index (χ3n) is 5.82. The zero-order valence-electron chi connectivity index (χ0n) is 19.9. The lowest BCUT2D eigenvalue weighted by molar-refractivity contribution is -0.384. The Morgan fingerprint density at radius 3 is 2.68 bits per heavy atom. The Morgan fingerprint density at radius 2 is 1.86 bits per heavy atom. The van der Waals surface area contributed by atoms with Crippen molar-refractivity contribution in [2.24, 2.45) is 0 Å². The molecule has 0 spiro atoms. The quantitative estimate of drug-likeness (QED) is 0.134. The molecular formula is C27H23N5O3S2. The Balaban J connectivity index is 1.29. The largest absolute Gasteiger partial charge is 0.319 e. The van der Waals surface area contributed by atoms with Gasteiger partial charge in [0.15, 0.2) is 10.3 Å². The van der Waals surface area contributed by atoms with E-state index in [1.54, 1.807) is 17.5 Å². The SMILES string of the molecule is C[C@H](Sc1nc2ccccc2n1CCc1ccccc1)C(=O)Nc1nc(-c2cccc([N+](=O)[O-])c2)cs1. The van der Waals surface area contributed by atoms with E-state index in [1.807, 2.05) is 49.4 Å². The van der Waals surface area contributed by atoms with Crippen LogP contribution >= 0.6 is 23.1 Å². The Bertz CT molecular complexity index is 1560. The van der Waals surface area contributed by atoms with Crippen molar-refractivity contribution in [3.05, 3.63) is 99.9 Å². The summed E-state index contributed by atoms with van der Waals surface area (Å²) < 4.78 is 2.17. The molecule has 2 aromatic heterocycles. The highest BCUT2D eigenvalue weighted by Crippen LogP contribution is 2.30. The molecule has 10 heteroatoms. The molecule has 186 valence electrons. The van der Waals surface area contributed by atoms with Gasteiger partial charge in [0.2, 0.25) is 5.91 Å². The molecule has 0 aliphatic heterocycles. The number of anilines is 1. The molecule has 1 N–H and O–H groups in total. The molecule has 0 bridgehead atoms. The number of para-hydroxylation sites is 2. The summed E-state index contributed by atoms with van der Waals surface area (Å²) in [7, 11) is 0. The Labute approximate surface area is 221 Å². The van der Waals surface area contributed by atoms with E-state index in [-0.39, 0.29) is 11.6 Å². The van der Waals surface area contributed by atoms with E-state index in [2.05, 4.69) is 27.0 Å². The number of hydrogen-bond donors (Lipinski definition) is 1. The molecule has 0 saturated carbocycles. The Kier molecular flexibility index (Phi) is 7.29. The van der Waals surface area contributed by atoms with Gasteiger partial charge in [0.25, 0.3) is 5.69 Å². The molecule has 0 aliphatic carbocycles. The molecule has 0 fully saturated rings. The van der Waals surface area contributed by atoms with Crippen LogP contribution in [0.1, 0.15) is 12.5 Å². The molecule has 1 atom stereocenters. The summed E-state index contributed by atoms with van der Waals surface area (Å²) in [4.78, 5) is 32.9. The maximum atomic E-state index is 13.0. The van der Waals surface area contributed by atoms with E-state index < -0.39 is 10.2 Å². The lowest BCUT2D eigenvalue weighted by atomic mass is 10.1. The second-order valence-corrected chi connectivity index (χ2v) is 10.5. The molecule has 0 unspecified atom stereocenters. The highest BCUT2D eigenvalue weighted by atomic mass is 32.2. The molecule has 0 saturated heterocycles. The molecule has 8 nitrogen and oxygen atoms in total. The summed E-state index contributed by atoms with van der Waals surface area (Å²) in [5, 5.41) is 16.5. The number of nitrogens with zero attached hydrogens (tertiary/aromatic N) is 4. The summed E-state index contributed by atoms with van der Waals surface area (Å²) >= 11 is 2.69. The molecule has 0 aliphatic rings. The van der Waals surface area contributed by atoms with Gasteiger partial charge in [-0.1, -0.05) is 66.4 Å². The van der Waals surface area contributed by atoms with Crippen LogP contribution in [-0.2, 0) is 17.8 Å². The van der Waals surface area contributed by atoms with Gasteiger partial charge < -0.3 is 9.88 Å². The van der Waals surface area contributed by atoms with Crippen molar-refractivity contribution in [3.63, 3.8) is 0 Å². The van der Waals surface area contributed by atoms with E-state index >= 15 is 0 Å². The second-order valence-electron chi connectivity index (χ2n) is 8.36. The average molecular weight is 530 g/mol. The van der Waals surface area contributed by atoms with Gasteiger partial charge in [-0.3, -0.25) is 14.9 Å². The van der Waals surface area contributed by atoms with E-state index in [9.17, 15) is 14.9 Å². The number of thioether (sulfide) groups is 1. The first-order valence-electron chi connectivity index (χ1n) is 11.6. The molecule has 2 heterocycles. The predicted molar refractivity (Wildman–Crippen MR) is 148 cm³/mol. The van der Waals surface area contributed by atoms with Crippen molar-refractivity contribution < 1.29 is 9.72 Å². The van der Waals surface area contributed by atoms with Crippen molar-refractivity contribution in [2.75, 3.05) is 5.32 Å². The maximum Gasteiger partial charge on any atom is 0.270 e. The van der Waals surface area contributed by atoms with Gasteiger partial charge in [0.05, 0.1) is 26.9 Å². The van der Waals surface area contributed by atoms with Crippen molar-refractivity contribution in [1.82, 2.24) is 14.5 Å². The lowest BCUT2D eigenvalue weighted by Crippen LogP contribution is -2.23. The third-order valence-corrected chi connectivity index (χ3v) is 7.67. The first-order chi connectivity index (χ1) is 18.0. The average Bonchev–Trinajstić information content (AvgIpc) is 3.52. The van der Waals surface area contributed by atoms with E-state index in [4.69, 9.17) is 4.98 Å². The van der Waals surface area contributed by atoms with Crippen molar-refractivity contribution in [1.29, 1.82) is 0 Å². The number of fused-ring (bicyclic) bond motifs is 1. The van der Waals surface area contributed by atoms with Crippen LogP contribution in [-0.4, -0.2) is 30.6 Å². The van der Waals surface area contributed by atoms with Gasteiger partial charge in [-0.25, -0.2) is 9.97 Å². The molecular weight excluding hydrogens is 506 g/mol. The topological polar surface area (TPSA) is 103 Å². The van der Waals surface area contributed by atoms with Crippen molar-refractivity contribution >= 4 is 50.9 Å². The van der Waals surface area contributed by atoms with Crippen LogP contribution in [0, 0.1) is 10.1 Å². The fraction of sp³-hybridized carbons (Fsp3) is 0.148. The number of non-ortho nitro benzene ring substituents is 1. The van der Waals surface area contributed by atoms with Crippen LogP contribution in [0.15, 0.2) is 89.4 Å². The molecule has 37 heavy (non-hydrogen) atoms. The summed E-state index contributed by atoms with van der Waals surface area (Å²) in [5.74, 6) is -0.188. The number of rotatable bonds is 9. The van der Waals surface area contributed by atoms with Crippen LogP contribution in [0.4, 0.5) is 10.8 Å². The number of aromatic nitrogens is 3. The first-order valence-corrected chi connectivity index (χ1v) is 13.4. The zero-order chi connectivity index (χ0) is 25.8. The van der Waals surface area contributed by atoms with E-state index in [0.717, 1.165) is 29.2 Å². The summed E-state index contributed by atoms with van der Waals surface area (Å²) in [6.07, 6.45) is 0.856. The number of hydrogen-bond acceptors (Lipinski definition) is 7. The Morgan fingerprint density at radius 1 is 1.08 bits per heavy atom. The van der Waals surface area contributed by atoms with Crippen LogP contribution in [0.2, 0.25) is 0 Å². The normalized spacial score (nSPS) is 11.9. The maximum absolute atomic E-state index is 13.0. The number of imidazole rings is 1. The highest BCUT2D eigenvalue weighted by molar-refractivity contribution is 8.00. The standard InChI is InChI=1S/C27H23N5O3S2/c1-18(25(33)30-26-28-23(17-36-26)20-10-7-11-21(16-20)32(34)35)37-27-29-22-12-5-6-13-24(22)31(27)15-14-19-8-3-2-4-9-19/h2-13,16-18H,14-15H2,1H3,(H,28,30,33)/t18-/m0/s1. The van der Waals surface area contributed by atoms with Gasteiger partial charge >= 0.3 is 0 Å². The van der Waals surface area contributed by atoms with Crippen LogP contribution in [0.25, 0.3) is 22.3 Å². The van der Waals surface area contributed by atoms with Crippen molar-refractivity contribution in [2.45, 2.75) is 30.3 Å². The third kappa shape index (κ3) is 5.71. The highest BCUT2D eigenvalue weighted by Gasteiger charge is 2.21. The minimum atomic E-state index is -0.440. The second kappa shape index (κ2) is 10.9. The van der Waals surface area contributed by atoms with Gasteiger partial charge in [-0.05, 0) is 31.0 Å². The van der Waals surface area contributed by atoms with Crippen molar-refractivity contribution in [3.8, 4) is 11.3 Å². The fourth-order valence-corrected chi connectivity index (χ4v) is 5.58. The number of nitrogens with one attached hydrogen (secondary N) is 1. The number of nitro groups is 1. The Hall–Kier alpha value is -4.02. The number of thiazole rings is 1. The number of amides is 1. The molecule has 5 aromatic rings. The van der Waals surface area contributed by atoms with Gasteiger partial charge in [-0.2, -0.15) is 0 Å². The molecule has 0 radical (unpaired) electrons. The smallest absolute Gasteiger partial charge is 0.270 e. The number of aryl methyl sites for hydroxylation is 2. The summed E-state index contributed by atoms with van der Waals surface area (Å²) in [6.45, 7) is 2.59. The zero-order valence-corrected chi connectivity index (χ0v) is 21.5. The van der Waals surface area contributed by atoms with Crippen LogP contribution in [0.5, 0.6) is 0 Å². The number of carbonyl (C=O) groups is 1. The summed E-state index contributed by atoms with van der Waals surface area (Å²) in [6, 6.07) is 24.6. The van der Waals surface area contributed by atoms with Gasteiger partial charge in [-0.15, -0.1) is 11.3 Å². The van der Waals surface area contributed by atoms with Gasteiger partial charge in [0, 0.05) is 29.6 Å². The number of nitro benzene ring substituents is 1. The van der Waals surface area contributed by atoms with E-state index in [1.165, 1.54) is 40.8 Å². The van der Waals surface area contributed by atoms with Gasteiger partial charge in [0.1, 0.15) is 0 Å². The molecule has 5 rings (SSSR count). The summed E-state index contributed by atoms with van der Waals surface area (Å²) in [5.41, 5.74) is 4.37.